The van der Waals surface area contributed by atoms with Crippen molar-refractivity contribution in [3.05, 3.63) is 82.6 Å². The smallest absolute Gasteiger partial charge is 0.254 e. The van der Waals surface area contributed by atoms with Gasteiger partial charge >= 0.3 is 0 Å². The van der Waals surface area contributed by atoms with Gasteiger partial charge in [0.05, 0.1) is 5.56 Å². The molecule has 1 atom stereocenters. The number of benzene rings is 1. The van der Waals surface area contributed by atoms with E-state index in [1.807, 2.05) is 38.2 Å². The summed E-state index contributed by atoms with van der Waals surface area (Å²) in [5, 5.41) is 5.14. The van der Waals surface area contributed by atoms with E-state index in [9.17, 15) is 13.2 Å². The fraction of sp³-hybridized carbons (Fsp3) is 0.357. The van der Waals surface area contributed by atoms with Gasteiger partial charge in [-0.1, -0.05) is 34.1 Å². The molecule has 11 heteroatoms. The fourth-order valence-electron chi connectivity index (χ4n) is 4.82. The molecule has 2 heterocycles. The van der Waals surface area contributed by atoms with Gasteiger partial charge in [-0.15, -0.1) is 6.58 Å². The molecule has 1 amide bonds. The molecule has 1 aliphatic carbocycles. The van der Waals surface area contributed by atoms with Gasteiger partial charge in [-0.05, 0) is 62.4 Å². The number of carbonyl (C=O) groups is 1. The topological polar surface area (TPSA) is 117 Å². The standard InChI is InChI=1S/C28H33BrN6O3S/c1-5-24(19-8-6-9-20(29)16-19)39(37,38)27-23(10-7-15-30-27)26(36)32-21-11-13-22(14-12-21)33-28-31-17-18(2)25(34-28)35(3)4/h5-10,15-17,21-22,24H,1,11-14H2,2-4H3,(H,32,36)(H,31,33,34). The normalized spacial score (nSPS) is 18.2. The lowest BCUT2D eigenvalue weighted by molar-refractivity contribution is 0.0922. The van der Waals surface area contributed by atoms with E-state index < -0.39 is 21.0 Å². The van der Waals surface area contributed by atoms with Gasteiger partial charge in [0.1, 0.15) is 11.1 Å². The van der Waals surface area contributed by atoms with E-state index in [1.165, 1.54) is 18.3 Å². The quantitative estimate of drug-likeness (QED) is 0.329. The van der Waals surface area contributed by atoms with Crippen molar-refractivity contribution in [3.8, 4) is 0 Å². The summed E-state index contributed by atoms with van der Waals surface area (Å²) in [6.45, 7) is 5.72. The van der Waals surface area contributed by atoms with E-state index in [0.717, 1.165) is 41.5 Å². The van der Waals surface area contributed by atoms with Gasteiger partial charge in [0.15, 0.2) is 5.03 Å². The van der Waals surface area contributed by atoms with E-state index in [-0.39, 0.29) is 22.7 Å². The number of rotatable bonds is 9. The molecule has 1 unspecified atom stereocenters. The van der Waals surface area contributed by atoms with Gasteiger partial charge in [-0.2, -0.15) is 4.98 Å². The van der Waals surface area contributed by atoms with Gasteiger partial charge in [-0.25, -0.2) is 18.4 Å². The number of hydrogen-bond donors (Lipinski definition) is 2. The number of pyridine rings is 1. The second kappa shape index (κ2) is 12.3. The van der Waals surface area contributed by atoms with Crippen LogP contribution < -0.4 is 15.5 Å². The molecule has 1 fully saturated rings. The zero-order valence-corrected chi connectivity index (χ0v) is 24.7. The Balaban J connectivity index is 1.43. The number of aryl methyl sites for hydroxylation is 1. The number of halogens is 1. The molecule has 39 heavy (non-hydrogen) atoms. The third-order valence-electron chi connectivity index (χ3n) is 6.78. The Morgan fingerprint density at radius 3 is 2.51 bits per heavy atom. The summed E-state index contributed by atoms with van der Waals surface area (Å²) in [5.74, 6) is 1.01. The van der Waals surface area contributed by atoms with Crippen molar-refractivity contribution < 1.29 is 13.2 Å². The lowest BCUT2D eigenvalue weighted by Crippen LogP contribution is -2.40. The first-order chi connectivity index (χ1) is 18.6. The van der Waals surface area contributed by atoms with Crippen LogP contribution in [0.2, 0.25) is 0 Å². The summed E-state index contributed by atoms with van der Waals surface area (Å²) in [5.41, 5.74) is 1.58. The highest BCUT2D eigenvalue weighted by atomic mass is 79.9. The Morgan fingerprint density at radius 2 is 1.85 bits per heavy atom. The minimum Gasteiger partial charge on any atom is -0.362 e. The highest BCUT2D eigenvalue weighted by molar-refractivity contribution is 9.10. The summed E-state index contributed by atoms with van der Waals surface area (Å²) in [6.07, 6.45) is 7.68. The Labute approximate surface area is 238 Å². The van der Waals surface area contributed by atoms with Crippen LogP contribution in [0.4, 0.5) is 11.8 Å². The monoisotopic (exact) mass is 612 g/mol. The number of nitrogens with zero attached hydrogens (tertiary/aromatic N) is 4. The molecule has 2 aromatic heterocycles. The van der Waals surface area contributed by atoms with Crippen LogP contribution in [0, 0.1) is 6.92 Å². The van der Waals surface area contributed by atoms with Crippen molar-refractivity contribution >= 4 is 43.4 Å². The van der Waals surface area contributed by atoms with Crippen LogP contribution in [0.25, 0.3) is 0 Å². The third kappa shape index (κ3) is 6.65. The fourth-order valence-corrected chi connectivity index (χ4v) is 6.91. The van der Waals surface area contributed by atoms with Crippen molar-refractivity contribution in [1.82, 2.24) is 20.3 Å². The molecule has 0 spiro atoms. The number of anilines is 2. The lowest BCUT2D eigenvalue weighted by Gasteiger charge is -2.30. The van der Waals surface area contributed by atoms with Crippen molar-refractivity contribution in [2.45, 2.75) is 55.0 Å². The summed E-state index contributed by atoms with van der Waals surface area (Å²) < 4.78 is 28.0. The van der Waals surface area contributed by atoms with Gasteiger partial charge in [0.25, 0.3) is 5.91 Å². The van der Waals surface area contributed by atoms with Crippen LogP contribution in [0.15, 0.2) is 70.9 Å². The van der Waals surface area contributed by atoms with Gasteiger partial charge in [-0.3, -0.25) is 4.79 Å². The molecular weight excluding hydrogens is 580 g/mol. The first-order valence-electron chi connectivity index (χ1n) is 12.8. The molecule has 0 saturated heterocycles. The summed E-state index contributed by atoms with van der Waals surface area (Å²) in [4.78, 5) is 28.4. The molecule has 1 aliphatic rings. The molecular formula is C28H33BrN6O3S. The molecule has 0 aliphatic heterocycles. The average Bonchev–Trinajstić information content (AvgIpc) is 2.91. The Bertz CT molecular complexity index is 1460. The molecule has 206 valence electrons. The average molecular weight is 614 g/mol. The van der Waals surface area contributed by atoms with E-state index in [2.05, 4.69) is 48.1 Å². The van der Waals surface area contributed by atoms with Crippen molar-refractivity contribution in [1.29, 1.82) is 0 Å². The summed E-state index contributed by atoms with van der Waals surface area (Å²) >= 11 is 3.39. The second-order valence-corrected chi connectivity index (χ2v) is 12.8. The minimum absolute atomic E-state index is 0.0314. The molecule has 9 nitrogen and oxygen atoms in total. The van der Waals surface area contributed by atoms with Crippen LogP contribution in [0.1, 0.15) is 52.4 Å². The molecule has 2 N–H and O–H groups in total. The van der Waals surface area contributed by atoms with Gasteiger partial charge in [0.2, 0.25) is 15.8 Å². The summed E-state index contributed by atoms with van der Waals surface area (Å²) in [7, 11) is -0.135. The van der Waals surface area contributed by atoms with Crippen LogP contribution in [0.3, 0.4) is 0 Å². The maximum absolute atomic E-state index is 13.6. The van der Waals surface area contributed by atoms with Crippen molar-refractivity contribution in [3.63, 3.8) is 0 Å². The van der Waals surface area contributed by atoms with Crippen LogP contribution in [-0.4, -0.2) is 55.5 Å². The first-order valence-corrected chi connectivity index (χ1v) is 15.1. The maximum atomic E-state index is 13.6. The van der Waals surface area contributed by atoms with E-state index in [4.69, 9.17) is 0 Å². The number of nitrogens with one attached hydrogen (secondary N) is 2. The molecule has 3 aromatic rings. The Kier molecular flexibility index (Phi) is 9.01. The van der Waals surface area contributed by atoms with E-state index in [1.54, 1.807) is 24.3 Å². The van der Waals surface area contributed by atoms with Crippen LogP contribution >= 0.6 is 15.9 Å². The number of hydrogen-bond acceptors (Lipinski definition) is 8. The lowest BCUT2D eigenvalue weighted by atomic mass is 9.91. The number of amides is 1. The zero-order valence-electron chi connectivity index (χ0n) is 22.3. The minimum atomic E-state index is -4.03. The molecule has 0 radical (unpaired) electrons. The Morgan fingerprint density at radius 1 is 1.13 bits per heavy atom. The highest BCUT2D eigenvalue weighted by Gasteiger charge is 2.33. The van der Waals surface area contributed by atoms with E-state index in [0.29, 0.717) is 11.5 Å². The number of aromatic nitrogens is 3. The van der Waals surface area contributed by atoms with Crippen molar-refractivity contribution in [2.24, 2.45) is 0 Å². The third-order valence-corrected chi connectivity index (χ3v) is 9.27. The highest BCUT2D eigenvalue weighted by Crippen LogP contribution is 2.32. The SMILES string of the molecule is C=CC(c1cccc(Br)c1)S(=O)(=O)c1ncccc1C(=O)NC1CCC(Nc2ncc(C)c(N(C)C)n2)CC1. The predicted octanol–water partition coefficient (Wildman–Crippen LogP) is 4.86. The van der Waals surface area contributed by atoms with E-state index >= 15 is 0 Å². The Hall–Kier alpha value is -3.31. The molecule has 0 bridgehead atoms. The molecule has 1 aromatic carbocycles. The van der Waals surface area contributed by atoms with Crippen LogP contribution in [-0.2, 0) is 9.84 Å². The summed E-state index contributed by atoms with van der Waals surface area (Å²) in [6, 6.07) is 10.2. The number of sulfone groups is 1. The molecule has 4 rings (SSSR count). The van der Waals surface area contributed by atoms with Gasteiger partial charge < -0.3 is 15.5 Å². The number of carbonyl (C=O) groups excluding carboxylic acids is 1. The first kappa shape index (κ1) is 28.7. The largest absolute Gasteiger partial charge is 0.362 e. The second-order valence-electron chi connectivity index (χ2n) is 9.87. The van der Waals surface area contributed by atoms with Crippen LogP contribution in [0.5, 0.6) is 0 Å². The molecule has 1 saturated carbocycles. The predicted molar refractivity (Wildman–Crippen MR) is 157 cm³/mol. The zero-order chi connectivity index (χ0) is 28.2. The van der Waals surface area contributed by atoms with Crippen molar-refractivity contribution in [2.75, 3.05) is 24.3 Å². The maximum Gasteiger partial charge on any atom is 0.254 e. The van der Waals surface area contributed by atoms with Gasteiger partial charge in [0, 0.05) is 48.6 Å².